The van der Waals surface area contributed by atoms with Crippen molar-refractivity contribution in [3.8, 4) is 0 Å². The molecule has 5 nitrogen and oxygen atoms in total. The summed E-state index contributed by atoms with van der Waals surface area (Å²) in [5.74, 6) is 0.403. The van der Waals surface area contributed by atoms with Gasteiger partial charge in [0.2, 0.25) is 0 Å². The summed E-state index contributed by atoms with van der Waals surface area (Å²) in [5, 5.41) is 10.1. The van der Waals surface area contributed by atoms with Crippen LogP contribution >= 0.6 is 0 Å². The lowest BCUT2D eigenvalue weighted by atomic mass is 10.0. The van der Waals surface area contributed by atoms with E-state index in [9.17, 15) is 13.5 Å². The number of ether oxygens (including phenoxy) is 1. The van der Waals surface area contributed by atoms with Crippen molar-refractivity contribution in [2.75, 3.05) is 44.9 Å². The molecule has 1 aliphatic rings. The van der Waals surface area contributed by atoms with Gasteiger partial charge in [-0.15, -0.1) is 0 Å². The fourth-order valence-electron chi connectivity index (χ4n) is 1.79. The van der Waals surface area contributed by atoms with Crippen LogP contribution in [0.2, 0.25) is 0 Å². The van der Waals surface area contributed by atoms with Crippen LogP contribution in [0.4, 0.5) is 0 Å². The van der Waals surface area contributed by atoms with E-state index in [1.807, 2.05) is 4.90 Å². The van der Waals surface area contributed by atoms with Gasteiger partial charge in [0.1, 0.15) is 0 Å². The normalized spacial score (nSPS) is 25.2. The molecule has 1 atom stereocenters. The van der Waals surface area contributed by atoms with Crippen LogP contribution in [0.5, 0.6) is 0 Å². The molecule has 16 heavy (non-hydrogen) atoms. The van der Waals surface area contributed by atoms with Gasteiger partial charge in [-0.25, -0.2) is 8.42 Å². The maximum Gasteiger partial charge on any atom is 0.152 e. The Morgan fingerprint density at radius 3 is 2.44 bits per heavy atom. The van der Waals surface area contributed by atoms with Crippen molar-refractivity contribution in [3.63, 3.8) is 0 Å². The predicted octanol–water partition coefficient (Wildman–Crippen LogP) is -0.496. The average molecular weight is 251 g/mol. The molecule has 1 saturated heterocycles. The Hall–Kier alpha value is -0.170. The molecule has 96 valence electrons. The van der Waals surface area contributed by atoms with E-state index >= 15 is 0 Å². The highest BCUT2D eigenvalue weighted by molar-refractivity contribution is 7.91. The van der Waals surface area contributed by atoms with Crippen molar-refractivity contribution in [1.29, 1.82) is 0 Å². The Bertz CT molecular complexity index is 299. The van der Waals surface area contributed by atoms with Gasteiger partial charge in [-0.2, -0.15) is 0 Å². The first-order valence-corrected chi connectivity index (χ1v) is 7.31. The van der Waals surface area contributed by atoms with Crippen LogP contribution in [0.15, 0.2) is 0 Å². The molecule has 0 aliphatic carbocycles. The highest BCUT2D eigenvalue weighted by Gasteiger charge is 2.28. The Balaban J connectivity index is 2.38. The number of hydrogen-bond donors (Lipinski definition) is 1. The minimum Gasteiger partial charge on any atom is -0.389 e. The van der Waals surface area contributed by atoms with E-state index in [4.69, 9.17) is 4.74 Å². The standard InChI is InChI=1S/C10H21NO4S/c1-10(12,3-6-15-2)9-11-4-7-16(13,14)8-5-11/h12H,3-9H2,1-2H3. The summed E-state index contributed by atoms with van der Waals surface area (Å²) < 4.78 is 27.4. The third-order valence-corrected chi connectivity index (χ3v) is 4.46. The van der Waals surface area contributed by atoms with Crippen molar-refractivity contribution in [1.82, 2.24) is 4.90 Å². The van der Waals surface area contributed by atoms with Crippen LogP contribution in [-0.2, 0) is 14.6 Å². The van der Waals surface area contributed by atoms with Gasteiger partial charge in [0.25, 0.3) is 0 Å². The summed E-state index contributed by atoms with van der Waals surface area (Å²) in [5.41, 5.74) is -0.808. The van der Waals surface area contributed by atoms with E-state index < -0.39 is 15.4 Å². The molecule has 6 heteroatoms. The first kappa shape index (κ1) is 13.9. The highest BCUT2D eigenvalue weighted by atomic mass is 32.2. The lowest BCUT2D eigenvalue weighted by Crippen LogP contribution is -2.48. The molecular weight excluding hydrogens is 230 g/mol. The summed E-state index contributed by atoms with van der Waals surface area (Å²) in [6, 6.07) is 0. The Morgan fingerprint density at radius 1 is 1.38 bits per heavy atom. The molecule has 0 radical (unpaired) electrons. The fraction of sp³-hybridized carbons (Fsp3) is 1.00. The molecule has 1 unspecified atom stereocenters. The predicted molar refractivity (Wildman–Crippen MR) is 62.2 cm³/mol. The van der Waals surface area contributed by atoms with Crippen LogP contribution in [0.1, 0.15) is 13.3 Å². The third-order valence-electron chi connectivity index (χ3n) is 2.85. The largest absolute Gasteiger partial charge is 0.389 e. The number of methoxy groups -OCH3 is 1. The second-order valence-electron chi connectivity index (χ2n) is 4.67. The quantitative estimate of drug-likeness (QED) is 0.714. The second kappa shape index (κ2) is 5.44. The van der Waals surface area contributed by atoms with Gasteiger partial charge in [-0.05, 0) is 6.92 Å². The number of β-amino-alcohol motifs (C(OH)–C–C–N with tert-alkyl or cyclic N) is 1. The molecule has 0 bridgehead atoms. The lowest BCUT2D eigenvalue weighted by molar-refractivity contribution is -0.00394. The molecule has 0 aromatic heterocycles. The van der Waals surface area contributed by atoms with Gasteiger partial charge in [-0.3, -0.25) is 4.90 Å². The van der Waals surface area contributed by atoms with Gasteiger partial charge < -0.3 is 9.84 Å². The molecule has 1 rings (SSSR count). The zero-order valence-corrected chi connectivity index (χ0v) is 10.8. The maximum absolute atomic E-state index is 11.2. The van der Waals surface area contributed by atoms with E-state index in [1.54, 1.807) is 14.0 Å². The average Bonchev–Trinajstić information content (AvgIpc) is 2.18. The Labute approximate surface area is 97.3 Å². The summed E-state index contributed by atoms with van der Waals surface area (Å²) in [7, 11) is -1.24. The zero-order valence-electron chi connectivity index (χ0n) is 9.98. The first-order valence-electron chi connectivity index (χ1n) is 5.49. The van der Waals surface area contributed by atoms with Crippen LogP contribution in [0, 0.1) is 0 Å². The molecule has 0 aromatic carbocycles. The van der Waals surface area contributed by atoms with Crippen LogP contribution in [-0.4, -0.2) is 68.9 Å². The smallest absolute Gasteiger partial charge is 0.152 e. The second-order valence-corrected chi connectivity index (χ2v) is 6.97. The van der Waals surface area contributed by atoms with Gasteiger partial charge in [-0.1, -0.05) is 0 Å². The maximum atomic E-state index is 11.2. The van der Waals surface area contributed by atoms with Crippen LogP contribution in [0.25, 0.3) is 0 Å². The molecule has 1 fully saturated rings. The molecule has 1 heterocycles. The van der Waals surface area contributed by atoms with Crippen molar-refractivity contribution in [3.05, 3.63) is 0 Å². The fourth-order valence-corrected chi connectivity index (χ4v) is 3.07. The Morgan fingerprint density at radius 2 is 1.94 bits per heavy atom. The zero-order chi connectivity index (χ0) is 12.2. The van der Waals surface area contributed by atoms with E-state index in [0.29, 0.717) is 32.7 Å². The number of sulfone groups is 1. The van der Waals surface area contributed by atoms with E-state index in [1.165, 1.54) is 0 Å². The molecule has 1 aliphatic heterocycles. The number of rotatable bonds is 5. The van der Waals surface area contributed by atoms with Gasteiger partial charge in [0, 0.05) is 39.8 Å². The van der Waals surface area contributed by atoms with E-state index in [-0.39, 0.29) is 11.5 Å². The topological polar surface area (TPSA) is 66.8 Å². The lowest BCUT2D eigenvalue weighted by Gasteiger charge is -2.33. The van der Waals surface area contributed by atoms with Gasteiger partial charge in [0.15, 0.2) is 9.84 Å². The molecular formula is C10H21NO4S. The number of hydrogen-bond acceptors (Lipinski definition) is 5. The van der Waals surface area contributed by atoms with Gasteiger partial charge in [0.05, 0.1) is 17.1 Å². The molecule has 0 aromatic rings. The molecule has 1 N–H and O–H groups in total. The van der Waals surface area contributed by atoms with Crippen molar-refractivity contribution in [2.45, 2.75) is 18.9 Å². The van der Waals surface area contributed by atoms with Crippen molar-refractivity contribution >= 4 is 9.84 Å². The SMILES string of the molecule is COCCC(C)(O)CN1CCS(=O)(=O)CC1. The minimum absolute atomic E-state index is 0.202. The van der Waals surface area contributed by atoms with Crippen LogP contribution in [0.3, 0.4) is 0 Å². The van der Waals surface area contributed by atoms with E-state index in [2.05, 4.69) is 0 Å². The molecule has 0 saturated carbocycles. The monoisotopic (exact) mass is 251 g/mol. The Kier molecular flexibility index (Phi) is 4.73. The minimum atomic E-state index is -2.84. The van der Waals surface area contributed by atoms with Gasteiger partial charge >= 0.3 is 0 Å². The third kappa shape index (κ3) is 4.78. The summed E-state index contributed by atoms with van der Waals surface area (Å²) in [6.45, 7) is 3.82. The summed E-state index contributed by atoms with van der Waals surface area (Å²) >= 11 is 0. The van der Waals surface area contributed by atoms with Crippen LogP contribution < -0.4 is 0 Å². The molecule has 0 spiro atoms. The number of aliphatic hydroxyl groups is 1. The number of nitrogens with zero attached hydrogens (tertiary/aromatic N) is 1. The van der Waals surface area contributed by atoms with E-state index in [0.717, 1.165) is 0 Å². The summed E-state index contributed by atoms with van der Waals surface area (Å²) in [6.07, 6.45) is 0.562. The van der Waals surface area contributed by atoms with Crippen molar-refractivity contribution in [2.24, 2.45) is 0 Å². The first-order chi connectivity index (χ1) is 7.35. The molecule has 0 amide bonds. The summed E-state index contributed by atoms with van der Waals surface area (Å²) in [4.78, 5) is 2.00. The van der Waals surface area contributed by atoms with Crippen molar-refractivity contribution < 1.29 is 18.3 Å². The highest BCUT2D eigenvalue weighted by Crippen LogP contribution is 2.14.